The van der Waals surface area contributed by atoms with Gasteiger partial charge in [-0.3, -0.25) is 0 Å². The van der Waals surface area contributed by atoms with Crippen molar-refractivity contribution in [2.45, 2.75) is 18.0 Å². The lowest BCUT2D eigenvalue weighted by Crippen LogP contribution is -2.12. The van der Waals surface area contributed by atoms with E-state index in [1.807, 2.05) is 0 Å². The van der Waals surface area contributed by atoms with Crippen LogP contribution in [0.2, 0.25) is 5.02 Å². The summed E-state index contributed by atoms with van der Waals surface area (Å²) in [6.07, 6.45) is -4.64. The molecular formula is C17H13ClF3N3O2S. The van der Waals surface area contributed by atoms with Gasteiger partial charge in [-0.15, -0.1) is 0 Å². The lowest BCUT2D eigenvalue weighted by molar-refractivity contribution is -0.141. The van der Waals surface area contributed by atoms with Crippen molar-refractivity contribution in [1.82, 2.24) is 9.78 Å². The van der Waals surface area contributed by atoms with Gasteiger partial charge in [0.1, 0.15) is 0 Å². The van der Waals surface area contributed by atoms with Crippen LogP contribution in [0.25, 0.3) is 16.9 Å². The summed E-state index contributed by atoms with van der Waals surface area (Å²) < 4.78 is 63.4. The molecule has 0 fully saturated rings. The number of nitrogens with zero attached hydrogens (tertiary/aromatic N) is 2. The average molecular weight is 416 g/mol. The lowest BCUT2D eigenvalue weighted by Gasteiger charge is -2.09. The van der Waals surface area contributed by atoms with E-state index in [-0.39, 0.29) is 16.3 Å². The van der Waals surface area contributed by atoms with Crippen molar-refractivity contribution in [3.05, 3.63) is 64.8 Å². The van der Waals surface area contributed by atoms with Crippen LogP contribution in [-0.2, 0) is 16.2 Å². The first-order valence-electron chi connectivity index (χ1n) is 7.54. The Labute approximate surface area is 158 Å². The number of sulfonamides is 1. The van der Waals surface area contributed by atoms with Crippen molar-refractivity contribution in [3.63, 3.8) is 0 Å². The van der Waals surface area contributed by atoms with E-state index in [4.69, 9.17) is 16.7 Å². The van der Waals surface area contributed by atoms with Crippen LogP contribution in [0.3, 0.4) is 0 Å². The molecule has 0 bridgehead atoms. The van der Waals surface area contributed by atoms with Gasteiger partial charge < -0.3 is 0 Å². The Hall–Kier alpha value is -2.36. The average Bonchev–Trinajstić information content (AvgIpc) is 3.02. The van der Waals surface area contributed by atoms with Crippen molar-refractivity contribution >= 4 is 21.6 Å². The molecule has 10 heteroatoms. The highest BCUT2D eigenvalue weighted by atomic mass is 35.5. The molecule has 0 radical (unpaired) electrons. The fourth-order valence-electron chi connectivity index (χ4n) is 2.50. The second-order valence-electron chi connectivity index (χ2n) is 5.83. The van der Waals surface area contributed by atoms with Gasteiger partial charge in [0.25, 0.3) is 0 Å². The Bertz CT molecular complexity index is 1110. The molecule has 0 aliphatic carbocycles. The van der Waals surface area contributed by atoms with Crippen LogP contribution in [0.5, 0.6) is 0 Å². The third kappa shape index (κ3) is 4.00. The number of benzene rings is 2. The van der Waals surface area contributed by atoms with E-state index in [2.05, 4.69) is 5.10 Å². The van der Waals surface area contributed by atoms with Gasteiger partial charge in [-0.05, 0) is 55.0 Å². The maximum absolute atomic E-state index is 13.2. The van der Waals surface area contributed by atoms with Crippen LogP contribution in [0.1, 0.15) is 11.3 Å². The first kappa shape index (κ1) is 19.4. The monoisotopic (exact) mass is 415 g/mol. The molecule has 27 heavy (non-hydrogen) atoms. The molecule has 2 aromatic carbocycles. The minimum absolute atomic E-state index is 0.154. The van der Waals surface area contributed by atoms with Crippen molar-refractivity contribution in [3.8, 4) is 16.9 Å². The van der Waals surface area contributed by atoms with Crippen molar-refractivity contribution < 1.29 is 21.6 Å². The Kier molecular flexibility index (Phi) is 4.79. The van der Waals surface area contributed by atoms with E-state index >= 15 is 0 Å². The van der Waals surface area contributed by atoms with Crippen LogP contribution in [0, 0.1) is 6.92 Å². The van der Waals surface area contributed by atoms with Crippen molar-refractivity contribution in [1.29, 1.82) is 0 Å². The predicted molar refractivity (Wildman–Crippen MR) is 95.1 cm³/mol. The fraction of sp³-hybridized carbons (Fsp3) is 0.118. The van der Waals surface area contributed by atoms with Gasteiger partial charge in [-0.25, -0.2) is 18.2 Å². The first-order chi connectivity index (χ1) is 12.5. The summed E-state index contributed by atoms with van der Waals surface area (Å²) in [5.74, 6) is 0. The summed E-state index contributed by atoms with van der Waals surface area (Å²) in [6.45, 7) is 1.73. The number of aromatic nitrogens is 2. The van der Waals surface area contributed by atoms with E-state index in [0.717, 1.165) is 10.7 Å². The Morgan fingerprint density at radius 1 is 1.07 bits per heavy atom. The second kappa shape index (κ2) is 6.66. The highest BCUT2D eigenvalue weighted by Crippen LogP contribution is 2.34. The van der Waals surface area contributed by atoms with E-state index in [1.165, 1.54) is 24.3 Å². The molecule has 2 N–H and O–H groups in total. The lowest BCUT2D eigenvalue weighted by atomic mass is 10.1. The topological polar surface area (TPSA) is 78.0 Å². The van der Waals surface area contributed by atoms with Crippen LogP contribution in [0.4, 0.5) is 13.2 Å². The highest BCUT2D eigenvalue weighted by molar-refractivity contribution is 7.89. The molecule has 0 aliphatic heterocycles. The maximum Gasteiger partial charge on any atom is 0.435 e. The molecule has 0 saturated carbocycles. The van der Waals surface area contributed by atoms with Gasteiger partial charge in [-0.2, -0.15) is 18.3 Å². The molecule has 1 aromatic heterocycles. The van der Waals surface area contributed by atoms with Crippen LogP contribution in [-0.4, -0.2) is 18.2 Å². The number of primary sulfonamides is 1. The summed E-state index contributed by atoms with van der Waals surface area (Å²) >= 11 is 5.99. The molecule has 0 unspecified atom stereocenters. The van der Waals surface area contributed by atoms with Gasteiger partial charge in [0.15, 0.2) is 5.69 Å². The van der Waals surface area contributed by atoms with Crippen LogP contribution >= 0.6 is 11.6 Å². The van der Waals surface area contributed by atoms with E-state index < -0.39 is 21.9 Å². The van der Waals surface area contributed by atoms with Crippen molar-refractivity contribution in [2.75, 3.05) is 0 Å². The molecule has 5 nitrogen and oxygen atoms in total. The molecule has 0 atom stereocenters. The molecule has 3 rings (SSSR count). The van der Waals surface area contributed by atoms with Gasteiger partial charge in [-0.1, -0.05) is 17.7 Å². The quantitative estimate of drug-likeness (QED) is 0.697. The normalized spacial score (nSPS) is 12.4. The van der Waals surface area contributed by atoms with Crippen LogP contribution in [0.15, 0.2) is 53.4 Å². The zero-order valence-electron chi connectivity index (χ0n) is 13.8. The second-order valence-corrected chi connectivity index (χ2v) is 7.80. The van der Waals surface area contributed by atoms with Gasteiger partial charge >= 0.3 is 6.18 Å². The third-order valence-electron chi connectivity index (χ3n) is 3.86. The zero-order chi connectivity index (χ0) is 20.0. The number of hydrogen-bond donors (Lipinski definition) is 1. The summed E-state index contributed by atoms with van der Waals surface area (Å²) in [4.78, 5) is -0.154. The van der Waals surface area contributed by atoms with Crippen LogP contribution < -0.4 is 5.14 Å². The summed E-state index contributed by atoms with van der Waals surface area (Å²) in [7, 11) is -3.92. The molecule has 142 valence electrons. The molecule has 0 aliphatic rings. The number of halogens is 4. The van der Waals surface area contributed by atoms with E-state index in [0.29, 0.717) is 16.1 Å². The predicted octanol–water partition coefficient (Wildman–Crippen LogP) is 4.17. The summed E-state index contributed by atoms with van der Waals surface area (Å²) in [6, 6.07) is 10.8. The van der Waals surface area contributed by atoms with E-state index in [1.54, 1.807) is 25.1 Å². The van der Waals surface area contributed by atoms with E-state index in [9.17, 15) is 21.6 Å². The fourth-order valence-corrected chi connectivity index (χ4v) is 3.14. The molecule has 3 aromatic rings. The Balaban J connectivity index is 2.19. The standard InChI is InChI=1S/C17H13ClF3N3O2S/c1-10-8-11(2-7-14(10)18)15-9-16(17(19,20)21)23-24(15)12-3-5-13(6-4-12)27(22,25)26/h2-9H,1H3,(H2,22,25,26). The largest absolute Gasteiger partial charge is 0.435 e. The number of rotatable bonds is 3. The Morgan fingerprint density at radius 2 is 1.70 bits per heavy atom. The number of aryl methyl sites for hydroxylation is 1. The number of alkyl halides is 3. The Morgan fingerprint density at radius 3 is 2.22 bits per heavy atom. The zero-order valence-corrected chi connectivity index (χ0v) is 15.4. The summed E-state index contributed by atoms with van der Waals surface area (Å²) in [5, 5.41) is 9.18. The van der Waals surface area contributed by atoms with Gasteiger partial charge in [0.2, 0.25) is 10.0 Å². The smallest absolute Gasteiger partial charge is 0.233 e. The SMILES string of the molecule is Cc1cc(-c2cc(C(F)(F)F)nn2-c2ccc(S(N)(=O)=O)cc2)ccc1Cl. The van der Waals surface area contributed by atoms with Gasteiger partial charge in [0, 0.05) is 10.6 Å². The highest BCUT2D eigenvalue weighted by Gasteiger charge is 2.35. The molecule has 0 saturated heterocycles. The van der Waals surface area contributed by atoms with Crippen molar-refractivity contribution in [2.24, 2.45) is 5.14 Å². The number of hydrogen-bond acceptors (Lipinski definition) is 3. The minimum atomic E-state index is -4.64. The van der Waals surface area contributed by atoms with Gasteiger partial charge in [0.05, 0.1) is 16.3 Å². The maximum atomic E-state index is 13.2. The number of nitrogens with two attached hydrogens (primary N) is 1. The molecule has 0 amide bonds. The summed E-state index contributed by atoms with van der Waals surface area (Å²) in [5.41, 5.74) is 0.544. The molecular weight excluding hydrogens is 403 g/mol. The molecule has 0 spiro atoms. The minimum Gasteiger partial charge on any atom is -0.233 e. The first-order valence-corrected chi connectivity index (χ1v) is 9.46. The third-order valence-corrected chi connectivity index (χ3v) is 5.22. The molecule has 1 heterocycles.